The lowest BCUT2D eigenvalue weighted by molar-refractivity contribution is 0.101. The second-order valence-electron chi connectivity index (χ2n) is 4.87. The van der Waals surface area contributed by atoms with E-state index in [2.05, 4.69) is 0 Å². The fourth-order valence-electron chi connectivity index (χ4n) is 2.34. The van der Waals surface area contributed by atoms with E-state index in [-0.39, 0.29) is 11.3 Å². The molecule has 0 aliphatic heterocycles. The highest BCUT2D eigenvalue weighted by Crippen LogP contribution is 2.30. The van der Waals surface area contributed by atoms with Crippen LogP contribution in [0.15, 0.2) is 18.2 Å². The van der Waals surface area contributed by atoms with E-state index in [0.717, 1.165) is 6.54 Å². The van der Waals surface area contributed by atoms with Crippen LogP contribution in [-0.2, 0) is 0 Å². The van der Waals surface area contributed by atoms with Gasteiger partial charge in [-0.2, -0.15) is 0 Å². The third-order valence-electron chi connectivity index (χ3n) is 3.51. The molecular weight excluding hydrogens is 217 g/mol. The number of hydrogen-bond donors (Lipinski definition) is 0. The molecule has 0 N–H and O–H groups in total. The van der Waals surface area contributed by atoms with Crippen molar-refractivity contribution in [1.82, 2.24) is 0 Å². The van der Waals surface area contributed by atoms with E-state index in [4.69, 9.17) is 0 Å². The number of Topliss-reactive ketones (excluding diaryl/α,β-unsaturated/α-hetero) is 1. The molecule has 0 spiro atoms. The molecule has 2 rings (SSSR count). The molecule has 1 aliphatic carbocycles. The second-order valence-corrected chi connectivity index (χ2v) is 4.87. The molecule has 0 bridgehead atoms. The zero-order valence-corrected chi connectivity index (χ0v) is 10.4. The zero-order valence-electron chi connectivity index (χ0n) is 10.4. The van der Waals surface area contributed by atoms with E-state index in [1.165, 1.54) is 32.3 Å². The third kappa shape index (κ3) is 2.48. The summed E-state index contributed by atoms with van der Waals surface area (Å²) in [6.07, 6.45) is 3.78. The molecule has 0 atom stereocenters. The SMILES string of the molecule is CC(=O)c1c(F)cccc1N(C)CC1CCC1. The number of halogens is 1. The van der Waals surface area contributed by atoms with Gasteiger partial charge in [-0.25, -0.2) is 4.39 Å². The van der Waals surface area contributed by atoms with Crippen LogP contribution in [0.4, 0.5) is 10.1 Å². The molecular formula is C14H18FNO. The number of benzene rings is 1. The maximum absolute atomic E-state index is 13.6. The normalized spacial score (nSPS) is 15.5. The van der Waals surface area contributed by atoms with E-state index in [0.29, 0.717) is 11.6 Å². The van der Waals surface area contributed by atoms with Gasteiger partial charge in [0.05, 0.1) is 11.3 Å². The number of hydrogen-bond acceptors (Lipinski definition) is 2. The second kappa shape index (κ2) is 4.86. The van der Waals surface area contributed by atoms with Gasteiger partial charge in [-0.05, 0) is 37.8 Å². The minimum atomic E-state index is -0.421. The van der Waals surface area contributed by atoms with Gasteiger partial charge in [-0.15, -0.1) is 0 Å². The molecule has 3 heteroatoms. The molecule has 0 amide bonds. The van der Waals surface area contributed by atoms with Crippen molar-refractivity contribution >= 4 is 11.5 Å². The number of anilines is 1. The number of rotatable bonds is 4. The molecule has 0 aromatic heterocycles. The first-order valence-electron chi connectivity index (χ1n) is 6.10. The van der Waals surface area contributed by atoms with Crippen LogP contribution in [0.2, 0.25) is 0 Å². The molecule has 17 heavy (non-hydrogen) atoms. The van der Waals surface area contributed by atoms with Crippen LogP contribution in [0.5, 0.6) is 0 Å². The number of carbonyl (C=O) groups excluding carboxylic acids is 1. The van der Waals surface area contributed by atoms with Crippen molar-refractivity contribution in [3.63, 3.8) is 0 Å². The summed E-state index contributed by atoms with van der Waals surface area (Å²) in [7, 11) is 1.93. The van der Waals surface area contributed by atoms with Gasteiger partial charge in [0.15, 0.2) is 5.78 Å². The van der Waals surface area contributed by atoms with E-state index in [1.54, 1.807) is 6.07 Å². The Morgan fingerprint density at radius 2 is 2.18 bits per heavy atom. The fourth-order valence-corrected chi connectivity index (χ4v) is 2.34. The summed E-state index contributed by atoms with van der Waals surface area (Å²) < 4.78 is 13.6. The highest BCUT2D eigenvalue weighted by Gasteiger charge is 2.22. The summed E-state index contributed by atoms with van der Waals surface area (Å²) >= 11 is 0. The Balaban J connectivity index is 2.23. The van der Waals surface area contributed by atoms with E-state index >= 15 is 0 Å². The largest absolute Gasteiger partial charge is 0.374 e. The van der Waals surface area contributed by atoms with Gasteiger partial charge in [-0.3, -0.25) is 4.79 Å². The molecule has 1 aliphatic rings. The van der Waals surface area contributed by atoms with Gasteiger partial charge in [0.2, 0.25) is 0 Å². The summed E-state index contributed by atoms with van der Waals surface area (Å²) in [4.78, 5) is 13.5. The molecule has 0 radical (unpaired) electrons. The average Bonchev–Trinajstić information content (AvgIpc) is 2.22. The van der Waals surface area contributed by atoms with E-state index in [9.17, 15) is 9.18 Å². The molecule has 1 aromatic carbocycles. The number of ketones is 1. The topological polar surface area (TPSA) is 20.3 Å². The van der Waals surface area contributed by atoms with Crippen LogP contribution in [0, 0.1) is 11.7 Å². The van der Waals surface area contributed by atoms with E-state index in [1.807, 2.05) is 18.0 Å². The summed E-state index contributed by atoms with van der Waals surface area (Å²) in [5.74, 6) is 0.0668. The fraction of sp³-hybridized carbons (Fsp3) is 0.500. The molecule has 92 valence electrons. The number of nitrogens with zero attached hydrogens (tertiary/aromatic N) is 1. The van der Waals surface area contributed by atoms with Crippen molar-refractivity contribution in [3.05, 3.63) is 29.6 Å². The highest BCUT2D eigenvalue weighted by atomic mass is 19.1. The van der Waals surface area contributed by atoms with Gasteiger partial charge in [0.25, 0.3) is 0 Å². The first-order chi connectivity index (χ1) is 8.09. The van der Waals surface area contributed by atoms with Gasteiger partial charge in [-0.1, -0.05) is 12.5 Å². The molecule has 2 nitrogen and oxygen atoms in total. The summed E-state index contributed by atoms with van der Waals surface area (Å²) in [5, 5.41) is 0. The van der Waals surface area contributed by atoms with Crippen molar-refractivity contribution in [2.75, 3.05) is 18.5 Å². The van der Waals surface area contributed by atoms with Gasteiger partial charge in [0.1, 0.15) is 5.82 Å². The van der Waals surface area contributed by atoms with Crippen LogP contribution in [0.3, 0.4) is 0 Å². The predicted octanol–water partition coefficient (Wildman–Crippen LogP) is 3.26. The minimum absolute atomic E-state index is 0.210. The maximum atomic E-state index is 13.6. The molecule has 1 fully saturated rings. The Morgan fingerprint density at radius 1 is 1.47 bits per heavy atom. The molecule has 1 aromatic rings. The highest BCUT2D eigenvalue weighted by molar-refractivity contribution is 6.00. The first-order valence-corrected chi connectivity index (χ1v) is 6.10. The lowest BCUT2D eigenvalue weighted by Crippen LogP contribution is -2.30. The monoisotopic (exact) mass is 235 g/mol. The minimum Gasteiger partial charge on any atom is -0.374 e. The average molecular weight is 235 g/mol. The standard InChI is InChI=1S/C14H18FNO/c1-10(17)14-12(15)7-4-8-13(14)16(2)9-11-5-3-6-11/h4,7-8,11H,3,5-6,9H2,1-2H3. The Labute approximate surface area is 101 Å². The van der Waals surface area contributed by atoms with Crippen LogP contribution >= 0.6 is 0 Å². The van der Waals surface area contributed by atoms with Crippen molar-refractivity contribution in [2.45, 2.75) is 26.2 Å². The van der Waals surface area contributed by atoms with Gasteiger partial charge >= 0.3 is 0 Å². The maximum Gasteiger partial charge on any atom is 0.164 e. The van der Waals surface area contributed by atoms with Crippen LogP contribution in [-0.4, -0.2) is 19.4 Å². The molecule has 0 unspecified atom stereocenters. The molecule has 0 saturated heterocycles. The third-order valence-corrected chi connectivity index (χ3v) is 3.51. The quantitative estimate of drug-likeness (QED) is 0.746. The Hall–Kier alpha value is -1.38. The number of carbonyl (C=O) groups is 1. The smallest absolute Gasteiger partial charge is 0.164 e. The van der Waals surface area contributed by atoms with Crippen molar-refractivity contribution in [3.8, 4) is 0 Å². The lowest BCUT2D eigenvalue weighted by Gasteiger charge is -2.32. The van der Waals surface area contributed by atoms with Gasteiger partial charge in [0, 0.05) is 13.6 Å². The zero-order chi connectivity index (χ0) is 12.4. The summed E-state index contributed by atoms with van der Waals surface area (Å²) in [6, 6.07) is 4.82. The lowest BCUT2D eigenvalue weighted by atomic mass is 9.85. The van der Waals surface area contributed by atoms with Crippen molar-refractivity contribution in [1.29, 1.82) is 0 Å². The Bertz CT molecular complexity index is 426. The Kier molecular flexibility index (Phi) is 3.46. The van der Waals surface area contributed by atoms with Crippen LogP contribution < -0.4 is 4.90 Å². The van der Waals surface area contributed by atoms with Gasteiger partial charge < -0.3 is 4.90 Å². The van der Waals surface area contributed by atoms with Crippen LogP contribution in [0.25, 0.3) is 0 Å². The van der Waals surface area contributed by atoms with Crippen LogP contribution in [0.1, 0.15) is 36.5 Å². The predicted molar refractivity (Wildman–Crippen MR) is 67.0 cm³/mol. The Morgan fingerprint density at radius 3 is 2.71 bits per heavy atom. The van der Waals surface area contributed by atoms with Crippen molar-refractivity contribution in [2.24, 2.45) is 5.92 Å². The molecule has 0 heterocycles. The summed E-state index contributed by atoms with van der Waals surface area (Å²) in [5.41, 5.74) is 0.929. The van der Waals surface area contributed by atoms with Crippen molar-refractivity contribution < 1.29 is 9.18 Å². The summed E-state index contributed by atoms with van der Waals surface area (Å²) in [6.45, 7) is 2.32. The van der Waals surface area contributed by atoms with E-state index < -0.39 is 5.82 Å². The molecule has 1 saturated carbocycles. The first kappa shape index (κ1) is 12.1.